The number of carbonyl (C=O) groups excluding carboxylic acids is 1. The smallest absolute Gasteiger partial charge is 0.328 e. The molecule has 0 unspecified atom stereocenters. The zero-order chi connectivity index (χ0) is 19.5. The first-order valence-corrected chi connectivity index (χ1v) is 8.44. The van der Waals surface area contributed by atoms with Gasteiger partial charge in [-0.1, -0.05) is 78.9 Å². The molecule has 0 atom stereocenters. The molecule has 0 aliphatic carbocycles. The lowest BCUT2D eigenvalue weighted by molar-refractivity contribution is -0.131. The van der Waals surface area contributed by atoms with E-state index in [4.69, 9.17) is 10.8 Å². The largest absolute Gasteiger partial charge is 0.478 e. The zero-order valence-electron chi connectivity index (χ0n) is 14.8. The maximum atomic E-state index is 11.2. The van der Waals surface area contributed by atoms with E-state index >= 15 is 0 Å². The Kier molecular flexibility index (Phi) is 7.54. The van der Waals surface area contributed by atoms with Crippen LogP contribution in [0.3, 0.4) is 0 Å². The van der Waals surface area contributed by atoms with E-state index in [9.17, 15) is 9.59 Å². The Morgan fingerprint density at radius 3 is 1.96 bits per heavy atom. The van der Waals surface area contributed by atoms with Crippen LogP contribution in [0.5, 0.6) is 0 Å². The topological polar surface area (TPSA) is 80.4 Å². The fourth-order valence-electron chi connectivity index (χ4n) is 2.46. The van der Waals surface area contributed by atoms with E-state index in [0.29, 0.717) is 5.56 Å². The van der Waals surface area contributed by atoms with E-state index in [1.807, 2.05) is 78.9 Å². The van der Waals surface area contributed by atoms with Crippen LogP contribution in [0.1, 0.15) is 27.0 Å². The second-order valence-electron chi connectivity index (χ2n) is 5.77. The van der Waals surface area contributed by atoms with Crippen LogP contribution in [0, 0.1) is 0 Å². The van der Waals surface area contributed by atoms with Crippen molar-refractivity contribution < 1.29 is 14.7 Å². The first-order chi connectivity index (χ1) is 13.1. The van der Waals surface area contributed by atoms with Gasteiger partial charge in [-0.05, 0) is 35.3 Å². The third-order valence-electron chi connectivity index (χ3n) is 3.74. The molecular formula is C23H21NO3. The number of hydrogen-bond donors (Lipinski definition) is 2. The van der Waals surface area contributed by atoms with E-state index in [1.165, 1.54) is 5.56 Å². The van der Waals surface area contributed by atoms with Crippen LogP contribution in [0.4, 0.5) is 0 Å². The summed E-state index contributed by atoms with van der Waals surface area (Å²) in [6, 6.07) is 26.8. The second-order valence-corrected chi connectivity index (χ2v) is 5.77. The van der Waals surface area contributed by atoms with Crippen molar-refractivity contribution in [3.63, 3.8) is 0 Å². The van der Waals surface area contributed by atoms with Crippen LogP contribution in [0.15, 0.2) is 91.0 Å². The van der Waals surface area contributed by atoms with Crippen LogP contribution in [0.25, 0.3) is 6.08 Å². The van der Waals surface area contributed by atoms with Crippen LogP contribution in [-0.2, 0) is 11.2 Å². The molecule has 0 heterocycles. The quantitative estimate of drug-likeness (QED) is 0.671. The van der Waals surface area contributed by atoms with Crippen LogP contribution in [0.2, 0.25) is 0 Å². The Hall–Kier alpha value is -3.66. The molecule has 0 radical (unpaired) electrons. The molecule has 3 aromatic carbocycles. The summed E-state index contributed by atoms with van der Waals surface area (Å²) in [5, 5.41) is 8.29. The molecular weight excluding hydrogens is 338 g/mol. The van der Waals surface area contributed by atoms with E-state index in [-0.39, 0.29) is 5.91 Å². The van der Waals surface area contributed by atoms with Crippen molar-refractivity contribution in [2.45, 2.75) is 6.42 Å². The molecule has 0 fully saturated rings. The number of primary amides is 1. The standard InChI is InChI=1S/C14H13NO.C9H8O2/c15-14(16)13-9-5-4-8-12(13)10-11-6-2-1-3-7-11;10-9(11)7-6-8-4-2-1-3-5-8/h1-9H,10H2,(H2,15,16);1-7H,(H,10,11). The highest BCUT2D eigenvalue weighted by Gasteiger charge is 2.06. The summed E-state index contributed by atoms with van der Waals surface area (Å²) in [6.45, 7) is 0. The van der Waals surface area contributed by atoms with E-state index in [1.54, 1.807) is 12.1 Å². The molecule has 0 aromatic heterocycles. The molecule has 0 aliphatic heterocycles. The van der Waals surface area contributed by atoms with Crippen molar-refractivity contribution in [2.75, 3.05) is 0 Å². The van der Waals surface area contributed by atoms with Gasteiger partial charge in [0, 0.05) is 11.6 Å². The van der Waals surface area contributed by atoms with Gasteiger partial charge in [0.05, 0.1) is 0 Å². The van der Waals surface area contributed by atoms with Gasteiger partial charge in [0.15, 0.2) is 0 Å². The average molecular weight is 359 g/mol. The van der Waals surface area contributed by atoms with Gasteiger partial charge in [0.2, 0.25) is 5.91 Å². The van der Waals surface area contributed by atoms with Crippen molar-refractivity contribution in [2.24, 2.45) is 5.73 Å². The van der Waals surface area contributed by atoms with E-state index in [0.717, 1.165) is 23.6 Å². The third kappa shape index (κ3) is 7.00. The van der Waals surface area contributed by atoms with E-state index in [2.05, 4.69) is 0 Å². The fraction of sp³-hybridized carbons (Fsp3) is 0.0435. The number of carboxylic acids is 1. The van der Waals surface area contributed by atoms with Gasteiger partial charge in [-0.2, -0.15) is 0 Å². The van der Waals surface area contributed by atoms with Gasteiger partial charge in [0.1, 0.15) is 0 Å². The van der Waals surface area contributed by atoms with Gasteiger partial charge >= 0.3 is 5.97 Å². The summed E-state index contributed by atoms with van der Waals surface area (Å²) >= 11 is 0. The lowest BCUT2D eigenvalue weighted by Gasteiger charge is -2.06. The minimum Gasteiger partial charge on any atom is -0.478 e. The average Bonchev–Trinajstić information content (AvgIpc) is 2.69. The number of nitrogens with two attached hydrogens (primary N) is 1. The summed E-state index contributed by atoms with van der Waals surface area (Å²) in [5.74, 6) is -1.29. The van der Waals surface area contributed by atoms with Gasteiger partial charge in [-0.25, -0.2) is 4.79 Å². The molecule has 0 aliphatic rings. The minimum atomic E-state index is -0.922. The minimum absolute atomic E-state index is 0.369. The van der Waals surface area contributed by atoms with Gasteiger partial charge in [-0.15, -0.1) is 0 Å². The molecule has 136 valence electrons. The molecule has 0 bridgehead atoms. The SMILES string of the molecule is NC(=O)c1ccccc1Cc1ccccc1.O=C(O)C=Cc1ccccc1. The Balaban J connectivity index is 0.000000208. The number of aliphatic carboxylic acids is 1. The number of rotatable bonds is 5. The highest BCUT2D eigenvalue weighted by Crippen LogP contribution is 2.13. The first-order valence-electron chi connectivity index (χ1n) is 8.44. The fourth-order valence-corrected chi connectivity index (χ4v) is 2.46. The predicted molar refractivity (Wildman–Crippen MR) is 107 cm³/mol. The van der Waals surface area contributed by atoms with Crippen LogP contribution < -0.4 is 5.73 Å². The van der Waals surface area contributed by atoms with Crippen molar-refractivity contribution in [3.05, 3.63) is 113 Å². The molecule has 3 N–H and O–H groups in total. The summed E-state index contributed by atoms with van der Waals surface area (Å²) in [7, 11) is 0. The summed E-state index contributed by atoms with van der Waals surface area (Å²) in [4.78, 5) is 21.3. The summed E-state index contributed by atoms with van der Waals surface area (Å²) < 4.78 is 0. The third-order valence-corrected chi connectivity index (χ3v) is 3.74. The molecule has 0 saturated heterocycles. The highest BCUT2D eigenvalue weighted by molar-refractivity contribution is 5.94. The van der Waals surface area contributed by atoms with Gasteiger partial charge in [-0.3, -0.25) is 4.79 Å². The lowest BCUT2D eigenvalue weighted by Crippen LogP contribution is -2.13. The maximum Gasteiger partial charge on any atom is 0.328 e. The van der Waals surface area contributed by atoms with Crippen molar-refractivity contribution in [1.29, 1.82) is 0 Å². The number of hydrogen-bond acceptors (Lipinski definition) is 2. The molecule has 0 spiro atoms. The first kappa shape index (κ1) is 19.7. The normalized spacial score (nSPS) is 10.1. The molecule has 3 aromatic rings. The van der Waals surface area contributed by atoms with Crippen LogP contribution in [-0.4, -0.2) is 17.0 Å². The Labute approximate surface area is 158 Å². The number of carboxylic acid groups (broad SMARTS) is 1. The highest BCUT2D eigenvalue weighted by atomic mass is 16.4. The van der Waals surface area contributed by atoms with Gasteiger partial charge < -0.3 is 10.8 Å². The molecule has 4 heteroatoms. The monoisotopic (exact) mass is 359 g/mol. The van der Waals surface area contributed by atoms with Gasteiger partial charge in [0.25, 0.3) is 0 Å². The van der Waals surface area contributed by atoms with Crippen molar-refractivity contribution in [3.8, 4) is 0 Å². The zero-order valence-corrected chi connectivity index (χ0v) is 14.8. The second kappa shape index (κ2) is 10.4. The van der Waals surface area contributed by atoms with Crippen molar-refractivity contribution >= 4 is 18.0 Å². The Morgan fingerprint density at radius 1 is 0.815 bits per heavy atom. The molecule has 0 saturated carbocycles. The Bertz CT molecular complexity index is 903. The summed E-state index contributed by atoms with van der Waals surface area (Å²) in [6.07, 6.45) is 3.41. The number of carbonyl (C=O) groups is 2. The van der Waals surface area contributed by atoms with Crippen molar-refractivity contribution in [1.82, 2.24) is 0 Å². The van der Waals surface area contributed by atoms with E-state index < -0.39 is 5.97 Å². The maximum absolute atomic E-state index is 11.2. The summed E-state index contributed by atoms with van der Waals surface area (Å²) in [5.41, 5.74) is 8.98. The predicted octanol–water partition coefficient (Wildman–Crippen LogP) is 4.16. The Morgan fingerprint density at radius 2 is 1.37 bits per heavy atom. The molecule has 3 rings (SSSR count). The molecule has 1 amide bonds. The molecule has 4 nitrogen and oxygen atoms in total. The number of amides is 1. The molecule has 27 heavy (non-hydrogen) atoms. The van der Waals surface area contributed by atoms with Crippen LogP contribution >= 0.6 is 0 Å². The number of benzene rings is 3. The lowest BCUT2D eigenvalue weighted by atomic mass is 9.99.